The first kappa shape index (κ1) is 16.1. The van der Waals surface area contributed by atoms with Crippen molar-refractivity contribution in [3.05, 3.63) is 24.3 Å². The average Bonchev–Trinajstić information content (AvgIpc) is 3.02. The molecular weight excluding hydrogens is 286 g/mol. The number of ether oxygens (including phenoxy) is 2. The second-order valence-electron chi connectivity index (χ2n) is 5.00. The van der Waals surface area contributed by atoms with E-state index in [0.29, 0.717) is 17.9 Å². The lowest BCUT2D eigenvalue weighted by Crippen LogP contribution is -2.31. The van der Waals surface area contributed by atoms with E-state index in [0.717, 1.165) is 25.9 Å². The summed E-state index contributed by atoms with van der Waals surface area (Å²) in [5.74, 6) is 0. The minimum absolute atomic E-state index is 0.258. The second kappa shape index (κ2) is 8.23. The Morgan fingerprint density at radius 3 is 2.50 bits per heavy atom. The van der Waals surface area contributed by atoms with Crippen LogP contribution in [0, 0.1) is 0 Å². The van der Waals surface area contributed by atoms with E-state index in [1.165, 1.54) is 7.11 Å². The molecule has 22 heavy (non-hydrogen) atoms. The van der Waals surface area contributed by atoms with Gasteiger partial charge in [0.05, 0.1) is 13.2 Å². The Balaban J connectivity index is 1.70. The van der Waals surface area contributed by atoms with Crippen LogP contribution in [-0.4, -0.2) is 38.5 Å². The molecule has 1 aliphatic rings. The Morgan fingerprint density at radius 2 is 1.91 bits per heavy atom. The van der Waals surface area contributed by atoms with E-state index < -0.39 is 6.09 Å². The number of benzene rings is 1. The number of carbonyl (C=O) groups is 2. The summed E-state index contributed by atoms with van der Waals surface area (Å²) in [4.78, 5) is 22.8. The molecule has 0 radical (unpaired) electrons. The molecule has 0 aromatic heterocycles. The Kier molecular flexibility index (Phi) is 6.02. The van der Waals surface area contributed by atoms with Crippen LogP contribution in [0.2, 0.25) is 0 Å². The molecule has 1 unspecified atom stereocenters. The van der Waals surface area contributed by atoms with Crippen LogP contribution in [0.1, 0.15) is 19.3 Å². The van der Waals surface area contributed by atoms with Crippen LogP contribution in [0.3, 0.4) is 0 Å². The molecule has 1 fully saturated rings. The van der Waals surface area contributed by atoms with Crippen molar-refractivity contribution in [1.29, 1.82) is 0 Å². The molecule has 0 spiro atoms. The molecule has 7 nitrogen and oxygen atoms in total. The molecule has 0 saturated carbocycles. The lowest BCUT2D eigenvalue weighted by molar-refractivity contribution is 0.105. The van der Waals surface area contributed by atoms with Gasteiger partial charge in [0.25, 0.3) is 0 Å². The molecule has 0 bridgehead atoms. The highest BCUT2D eigenvalue weighted by Crippen LogP contribution is 2.15. The quantitative estimate of drug-likeness (QED) is 0.780. The molecule has 0 aliphatic carbocycles. The van der Waals surface area contributed by atoms with Crippen molar-refractivity contribution >= 4 is 23.5 Å². The van der Waals surface area contributed by atoms with Crippen LogP contribution in [0.4, 0.5) is 21.0 Å². The Bertz CT molecular complexity index is 498. The number of hydrogen-bond donors (Lipinski definition) is 3. The van der Waals surface area contributed by atoms with Crippen LogP contribution >= 0.6 is 0 Å². The predicted octanol–water partition coefficient (Wildman–Crippen LogP) is 2.56. The molecule has 2 rings (SSSR count). The second-order valence-corrected chi connectivity index (χ2v) is 5.00. The Morgan fingerprint density at radius 1 is 1.23 bits per heavy atom. The number of anilines is 2. The van der Waals surface area contributed by atoms with Crippen molar-refractivity contribution in [2.24, 2.45) is 0 Å². The zero-order valence-corrected chi connectivity index (χ0v) is 12.6. The normalized spacial score (nSPS) is 16.9. The maximum Gasteiger partial charge on any atom is 0.411 e. The smallest absolute Gasteiger partial charge is 0.411 e. The summed E-state index contributed by atoms with van der Waals surface area (Å²) in [6, 6.07) is 6.50. The van der Waals surface area contributed by atoms with E-state index >= 15 is 0 Å². The van der Waals surface area contributed by atoms with Gasteiger partial charge in [-0.3, -0.25) is 5.32 Å². The maximum absolute atomic E-state index is 11.7. The van der Waals surface area contributed by atoms with Gasteiger partial charge < -0.3 is 20.1 Å². The van der Waals surface area contributed by atoms with Gasteiger partial charge in [-0.25, -0.2) is 9.59 Å². The number of rotatable bonds is 5. The van der Waals surface area contributed by atoms with Gasteiger partial charge in [-0.05, 0) is 43.5 Å². The van der Waals surface area contributed by atoms with E-state index in [4.69, 9.17) is 4.74 Å². The summed E-state index contributed by atoms with van der Waals surface area (Å²) in [5, 5.41) is 8.06. The molecule has 7 heteroatoms. The van der Waals surface area contributed by atoms with Crippen molar-refractivity contribution in [1.82, 2.24) is 5.32 Å². The fourth-order valence-electron chi connectivity index (χ4n) is 2.20. The van der Waals surface area contributed by atoms with E-state index in [9.17, 15) is 9.59 Å². The number of methoxy groups -OCH3 is 1. The van der Waals surface area contributed by atoms with Gasteiger partial charge in [0.15, 0.2) is 0 Å². The SMILES string of the molecule is COC(=O)Nc1ccc(NC(=O)NCCC2CCCO2)cc1. The zero-order chi connectivity index (χ0) is 15.8. The van der Waals surface area contributed by atoms with Crippen LogP contribution in [0.5, 0.6) is 0 Å². The topological polar surface area (TPSA) is 88.7 Å². The Labute approximate surface area is 129 Å². The summed E-state index contributed by atoms with van der Waals surface area (Å²) in [6.07, 6.45) is 2.73. The van der Waals surface area contributed by atoms with E-state index in [2.05, 4.69) is 20.7 Å². The zero-order valence-electron chi connectivity index (χ0n) is 12.6. The van der Waals surface area contributed by atoms with Gasteiger partial charge in [-0.15, -0.1) is 0 Å². The van der Waals surface area contributed by atoms with E-state index in [1.54, 1.807) is 24.3 Å². The van der Waals surface area contributed by atoms with Crippen LogP contribution in [-0.2, 0) is 9.47 Å². The third kappa shape index (κ3) is 5.25. The molecule has 3 amide bonds. The van der Waals surface area contributed by atoms with Gasteiger partial charge in [-0.2, -0.15) is 0 Å². The summed E-state index contributed by atoms with van der Waals surface area (Å²) >= 11 is 0. The van der Waals surface area contributed by atoms with Crippen molar-refractivity contribution in [3.8, 4) is 0 Å². The summed E-state index contributed by atoms with van der Waals surface area (Å²) in [6.45, 7) is 1.40. The molecule has 1 heterocycles. The van der Waals surface area contributed by atoms with Crippen molar-refractivity contribution in [2.75, 3.05) is 30.9 Å². The molecule has 1 aromatic rings. The first-order valence-electron chi connectivity index (χ1n) is 7.29. The van der Waals surface area contributed by atoms with Gasteiger partial charge in [0.2, 0.25) is 0 Å². The van der Waals surface area contributed by atoms with Crippen molar-refractivity contribution in [3.63, 3.8) is 0 Å². The minimum atomic E-state index is -0.535. The van der Waals surface area contributed by atoms with Gasteiger partial charge >= 0.3 is 12.1 Å². The van der Waals surface area contributed by atoms with Crippen molar-refractivity contribution < 1.29 is 19.1 Å². The van der Waals surface area contributed by atoms with Gasteiger partial charge in [0.1, 0.15) is 0 Å². The highest BCUT2D eigenvalue weighted by Gasteiger charge is 2.15. The minimum Gasteiger partial charge on any atom is -0.453 e. The molecule has 1 atom stereocenters. The number of carbonyl (C=O) groups excluding carboxylic acids is 2. The predicted molar refractivity (Wildman–Crippen MR) is 83.1 cm³/mol. The highest BCUT2D eigenvalue weighted by molar-refractivity contribution is 5.90. The lowest BCUT2D eigenvalue weighted by atomic mass is 10.2. The summed E-state index contributed by atoms with van der Waals surface area (Å²) in [5.41, 5.74) is 1.24. The van der Waals surface area contributed by atoms with E-state index in [1.807, 2.05) is 0 Å². The number of nitrogens with one attached hydrogen (secondary N) is 3. The fraction of sp³-hybridized carbons (Fsp3) is 0.467. The van der Waals surface area contributed by atoms with Crippen LogP contribution in [0.15, 0.2) is 24.3 Å². The number of hydrogen-bond acceptors (Lipinski definition) is 4. The largest absolute Gasteiger partial charge is 0.453 e. The Hall–Kier alpha value is -2.28. The molecule has 120 valence electrons. The summed E-state index contributed by atoms with van der Waals surface area (Å²) < 4.78 is 9.99. The molecule has 1 aliphatic heterocycles. The number of amides is 3. The molecular formula is C15H21N3O4. The van der Waals surface area contributed by atoms with Crippen LogP contribution < -0.4 is 16.0 Å². The third-order valence-electron chi connectivity index (χ3n) is 3.35. The van der Waals surface area contributed by atoms with E-state index in [-0.39, 0.29) is 12.1 Å². The molecule has 1 saturated heterocycles. The van der Waals surface area contributed by atoms with Gasteiger partial charge in [-0.1, -0.05) is 0 Å². The first-order valence-corrected chi connectivity index (χ1v) is 7.29. The molecule has 3 N–H and O–H groups in total. The van der Waals surface area contributed by atoms with Crippen LogP contribution in [0.25, 0.3) is 0 Å². The van der Waals surface area contributed by atoms with Crippen molar-refractivity contribution in [2.45, 2.75) is 25.4 Å². The van der Waals surface area contributed by atoms with Gasteiger partial charge in [0, 0.05) is 24.5 Å². The fourth-order valence-corrected chi connectivity index (χ4v) is 2.20. The third-order valence-corrected chi connectivity index (χ3v) is 3.35. The monoisotopic (exact) mass is 307 g/mol. The summed E-state index contributed by atoms with van der Waals surface area (Å²) in [7, 11) is 1.30. The maximum atomic E-state index is 11.7. The standard InChI is InChI=1S/C15H21N3O4/c1-21-15(20)18-12-6-4-11(5-7-12)17-14(19)16-9-8-13-3-2-10-22-13/h4-7,13H,2-3,8-10H2,1H3,(H,18,20)(H2,16,17,19). The first-order chi connectivity index (χ1) is 10.7. The lowest BCUT2D eigenvalue weighted by Gasteiger charge is -2.11. The number of urea groups is 1. The molecule has 1 aromatic carbocycles. The average molecular weight is 307 g/mol. The highest BCUT2D eigenvalue weighted by atomic mass is 16.5.